The Hall–Kier alpha value is -2.10. The van der Waals surface area contributed by atoms with Gasteiger partial charge in [0.2, 0.25) is 0 Å². The highest BCUT2D eigenvalue weighted by Gasteiger charge is 2.10. The highest BCUT2D eigenvalue weighted by Crippen LogP contribution is 2.24. The minimum absolute atomic E-state index is 0.0167. The second-order valence-electron chi connectivity index (χ2n) is 3.88. The molecule has 16 heavy (non-hydrogen) atoms. The van der Waals surface area contributed by atoms with Crippen LogP contribution in [-0.2, 0) is 0 Å². The summed E-state index contributed by atoms with van der Waals surface area (Å²) in [4.78, 5) is 15.0. The third-order valence-electron chi connectivity index (χ3n) is 2.50. The lowest BCUT2D eigenvalue weighted by atomic mass is 10.0. The lowest BCUT2D eigenvalue weighted by molar-refractivity contribution is 0.0691. The number of nitrogens with zero attached hydrogens (tertiary/aromatic N) is 1. The Kier molecular flexibility index (Phi) is 2.27. The summed E-state index contributed by atoms with van der Waals surface area (Å²) in [5.41, 5.74) is 8.94. The molecule has 0 fully saturated rings. The van der Waals surface area contributed by atoms with Crippen LogP contribution < -0.4 is 5.73 Å². The van der Waals surface area contributed by atoms with Crippen LogP contribution in [0.2, 0.25) is 0 Å². The summed E-state index contributed by atoms with van der Waals surface area (Å²) in [6.07, 6.45) is 0. The highest BCUT2D eigenvalue weighted by molar-refractivity contribution is 5.97. The smallest absolute Gasteiger partial charge is 0.354 e. The molecular weight excluding hydrogens is 204 g/mol. The van der Waals surface area contributed by atoms with E-state index in [2.05, 4.69) is 4.98 Å². The van der Waals surface area contributed by atoms with Crippen LogP contribution in [0.15, 0.2) is 18.2 Å². The normalized spacial score (nSPS) is 10.6. The first-order valence-electron chi connectivity index (χ1n) is 4.90. The van der Waals surface area contributed by atoms with E-state index < -0.39 is 5.97 Å². The van der Waals surface area contributed by atoms with Gasteiger partial charge < -0.3 is 10.8 Å². The molecule has 2 rings (SSSR count). The molecule has 4 nitrogen and oxygen atoms in total. The van der Waals surface area contributed by atoms with Crippen LogP contribution in [0, 0.1) is 13.8 Å². The van der Waals surface area contributed by atoms with E-state index in [0.717, 1.165) is 16.5 Å². The number of carboxylic acids is 1. The van der Waals surface area contributed by atoms with Crippen LogP contribution in [0.1, 0.15) is 21.6 Å². The summed E-state index contributed by atoms with van der Waals surface area (Å²) in [5, 5.41) is 9.70. The molecular formula is C12H12N2O2. The number of pyridine rings is 1. The average Bonchev–Trinajstić information content (AvgIpc) is 2.19. The van der Waals surface area contributed by atoms with E-state index in [-0.39, 0.29) is 5.69 Å². The molecule has 0 amide bonds. The summed E-state index contributed by atoms with van der Waals surface area (Å²) in [6.45, 7) is 3.87. The van der Waals surface area contributed by atoms with E-state index in [1.807, 2.05) is 26.0 Å². The molecule has 0 bridgehead atoms. The topological polar surface area (TPSA) is 76.2 Å². The Morgan fingerprint density at radius 1 is 1.31 bits per heavy atom. The quantitative estimate of drug-likeness (QED) is 0.765. The van der Waals surface area contributed by atoms with Gasteiger partial charge >= 0.3 is 5.97 Å². The van der Waals surface area contributed by atoms with Crippen LogP contribution in [0.25, 0.3) is 10.9 Å². The molecule has 1 aromatic carbocycles. The minimum atomic E-state index is -1.06. The van der Waals surface area contributed by atoms with Crippen LogP contribution >= 0.6 is 0 Å². The molecule has 0 aliphatic carbocycles. The molecule has 3 N–H and O–H groups in total. The number of benzene rings is 1. The van der Waals surface area contributed by atoms with Crippen molar-refractivity contribution < 1.29 is 9.90 Å². The predicted octanol–water partition coefficient (Wildman–Crippen LogP) is 2.13. The number of hydrogen-bond acceptors (Lipinski definition) is 3. The molecule has 2 aromatic rings. The lowest BCUT2D eigenvalue weighted by Gasteiger charge is -2.07. The van der Waals surface area contributed by atoms with Crippen molar-refractivity contribution in [3.63, 3.8) is 0 Å². The van der Waals surface area contributed by atoms with Gasteiger partial charge in [-0.05, 0) is 31.5 Å². The van der Waals surface area contributed by atoms with Gasteiger partial charge in [-0.25, -0.2) is 9.78 Å². The molecule has 0 spiro atoms. The van der Waals surface area contributed by atoms with E-state index in [9.17, 15) is 4.79 Å². The largest absolute Gasteiger partial charge is 0.477 e. The van der Waals surface area contributed by atoms with Gasteiger partial charge in [-0.2, -0.15) is 0 Å². The van der Waals surface area contributed by atoms with Gasteiger partial charge in [0.15, 0.2) is 5.69 Å². The van der Waals surface area contributed by atoms with Gasteiger partial charge in [0.05, 0.1) is 5.52 Å². The Bertz CT molecular complexity index is 591. The summed E-state index contributed by atoms with van der Waals surface area (Å²) in [5.74, 6) is -1.06. The van der Waals surface area contributed by atoms with Gasteiger partial charge in [-0.3, -0.25) is 0 Å². The molecule has 0 radical (unpaired) electrons. The molecule has 1 aromatic heterocycles. The van der Waals surface area contributed by atoms with E-state index in [4.69, 9.17) is 10.8 Å². The second kappa shape index (κ2) is 3.48. The van der Waals surface area contributed by atoms with Gasteiger partial charge in [0, 0.05) is 11.1 Å². The van der Waals surface area contributed by atoms with Crippen molar-refractivity contribution in [1.82, 2.24) is 4.98 Å². The summed E-state index contributed by atoms with van der Waals surface area (Å²) < 4.78 is 0. The van der Waals surface area contributed by atoms with Crippen LogP contribution in [0.4, 0.5) is 5.69 Å². The summed E-state index contributed by atoms with van der Waals surface area (Å²) in [6, 6.07) is 5.26. The van der Waals surface area contributed by atoms with E-state index in [0.29, 0.717) is 11.2 Å². The third kappa shape index (κ3) is 1.58. The Labute approximate surface area is 92.7 Å². The number of aromatic carboxylic acids is 1. The van der Waals surface area contributed by atoms with Crippen molar-refractivity contribution in [3.05, 3.63) is 35.0 Å². The van der Waals surface area contributed by atoms with Crippen molar-refractivity contribution in [2.24, 2.45) is 0 Å². The number of carboxylic acid groups (broad SMARTS) is 1. The van der Waals surface area contributed by atoms with Gasteiger partial charge in [0.25, 0.3) is 0 Å². The standard InChI is InChI=1S/C12H12N2O2/c1-6-3-7(2)11-8(4-6)9(13)5-10(14-11)12(15)16/h3-5H,1-2H3,(H2,13,14)(H,15,16). The Balaban J connectivity index is 2.87. The predicted molar refractivity (Wildman–Crippen MR) is 62.6 cm³/mol. The minimum Gasteiger partial charge on any atom is -0.477 e. The molecule has 1 heterocycles. The maximum absolute atomic E-state index is 10.9. The Morgan fingerprint density at radius 2 is 2.00 bits per heavy atom. The zero-order valence-electron chi connectivity index (χ0n) is 9.11. The van der Waals surface area contributed by atoms with Gasteiger partial charge in [0.1, 0.15) is 0 Å². The second-order valence-corrected chi connectivity index (χ2v) is 3.88. The fourth-order valence-electron chi connectivity index (χ4n) is 1.82. The number of fused-ring (bicyclic) bond motifs is 1. The summed E-state index contributed by atoms with van der Waals surface area (Å²) >= 11 is 0. The molecule has 0 saturated heterocycles. The molecule has 0 aliphatic heterocycles. The number of rotatable bonds is 1. The first-order chi connectivity index (χ1) is 7.49. The van der Waals surface area contributed by atoms with Crippen molar-refractivity contribution in [1.29, 1.82) is 0 Å². The lowest BCUT2D eigenvalue weighted by Crippen LogP contribution is -2.03. The number of carbonyl (C=O) groups is 1. The molecule has 4 heteroatoms. The zero-order chi connectivity index (χ0) is 11.9. The average molecular weight is 216 g/mol. The number of nitrogen functional groups attached to an aromatic ring is 1. The molecule has 0 saturated carbocycles. The SMILES string of the molecule is Cc1cc(C)c2nc(C(=O)O)cc(N)c2c1. The van der Waals surface area contributed by atoms with E-state index >= 15 is 0 Å². The molecule has 0 aliphatic rings. The first kappa shape index (κ1) is 10.4. The molecule has 0 unspecified atom stereocenters. The van der Waals surface area contributed by atoms with Crippen LogP contribution in [0.3, 0.4) is 0 Å². The van der Waals surface area contributed by atoms with Crippen molar-refractivity contribution in [2.45, 2.75) is 13.8 Å². The molecule has 82 valence electrons. The number of nitrogens with two attached hydrogens (primary N) is 1. The van der Waals surface area contributed by atoms with Gasteiger partial charge in [-0.1, -0.05) is 11.6 Å². The Morgan fingerprint density at radius 3 is 2.62 bits per heavy atom. The monoisotopic (exact) mass is 216 g/mol. The van der Waals surface area contributed by atoms with Crippen molar-refractivity contribution in [3.8, 4) is 0 Å². The van der Waals surface area contributed by atoms with Gasteiger partial charge in [-0.15, -0.1) is 0 Å². The number of aromatic nitrogens is 1. The molecule has 0 atom stereocenters. The third-order valence-corrected chi connectivity index (χ3v) is 2.50. The first-order valence-corrected chi connectivity index (χ1v) is 4.90. The van der Waals surface area contributed by atoms with Crippen molar-refractivity contribution >= 4 is 22.6 Å². The maximum atomic E-state index is 10.9. The van der Waals surface area contributed by atoms with E-state index in [1.54, 1.807) is 0 Å². The number of hydrogen-bond donors (Lipinski definition) is 2. The number of aryl methyl sites for hydroxylation is 2. The fourth-order valence-corrected chi connectivity index (χ4v) is 1.82. The highest BCUT2D eigenvalue weighted by atomic mass is 16.4. The van der Waals surface area contributed by atoms with E-state index in [1.165, 1.54) is 6.07 Å². The van der Waals surface area contributed by atoms with Crippen LogP contribution in [0.5, 0.6) is 0 Å². The summed E-state index contributed by atoms with van der Waals surface area (Å²) in [7, 11) is 0. The van der Waals surface area contributed by atoms with Crippen LogP contribution in [-0.4, -0.2) is 16.1 Å². The maximum Gasteiger partial charge on any atom is 0.354 e. The number of anilines is 1. The van der Waals surface area contributed by atoms with Crippen molar-refractivity contribution in [2.75, 3.05) is 5.73 Å². The zero-order valence-corrected chi connectivity index (χ0v) is 9.11. The fraction of sp³-hybridized carbons (Fsp3) is 0.167.